The van der Waals surface area contributed by atoms with Crippen molar-refractivity contribution in [2.75, 3.05) is 30.4 Å². The second-order valence-corrected chi connectivity index (χ2v) is 6.50. The van der Waals surface area contributed by atoms with Gasteiger partial charge in [0.05, 0.1) is 29.9 Å². The summed E-state index contributed by atoms with van der Waals surface area (Å²) in [6.07, 6.45) is 3.71. The summed E-state index contributed by atoms with van der Waals surface area (Å²) < 4.78 is 0. The number of hydrogen-bond donors (Lipinski definition) is 2. The molecule has 0 spiro atoms. The van der Waals surface area contributed by atoms with Crippen molar-refractivity contribution in [3.8, 4) is 10.4 Å². The summed E-state index contributed by atoms with van der Waals surface area (Å²) in [5.74, 6) is 0.813. The number of pyridine rings is 1. The van der Waals surface area contributed by atoms with Crippen molar-refractivity contribution in [1.29, 1.82) is 0 Å². The van der Waals surface area contributed by atoms with Crippen LogP contribution in [0.15, 0.2) is 54.9 Å². The number of likely N-dealkylation sites (N-methyl/N-ethyl adjacent to an activating group) is 1. The number of rotatable bonds is 7. The number of hydrogen-bond acceptors (Lipinski definition) is 6. The molecule has 1 aromatic carbocycles. The number of aliphatic hydroxyl groups excluding tert-OH is 1. The largest absolute Gasteiger partial charge is 0.395 e. The van der Waals surface area contributed by atoms with E-state index in [1.807, 2.05) is 48.5 Å². The van der Waals surface area contributed by atoms with E-state index in [1.54, 1.807) is 17.5 Å². The van der Waals surface area contributed by atoms with Crippen LogP contribution in [0.25, 0.3) is 10.4 Å². The topological polar surface area (TPSA) is 61.3 Å². The molecular formula is C18H20N4OS. The molecule has 0 unspecified atom stereocenters. The second kappa shape index (κ2) is 7.90. The van der Waals surface area contributed by atoms with Crippen LogP contribution < -0.4 is 10.2 Å². The number of aliphatic hydroxyl groups is 1. The summed E-state index contributed by atoms with van der Waals surface area (Å²) in [4.78, 5) is 12.0. The highest BCUT2D eigenvalue weighted by atomic mass is 32.1. The Bertz CT molecular complexity index is 758. The highest BCUT2D eigenvalue weighted by molar-refractivity contribution is 7.15. The van der Waals surface area contributed by atoms with Gasteiger partial charge in [-0.25, -0.2) is 9.97 Å². The summed E-state index contributed by atoms with van der Waals surface area (Å²) in [7, 11) is 1.93. The van der Waals surface area contributed by atoms with Gasteiger partial charge in [-0.2, -0.15) is 0 Å². The van der Waals surface area contributed by atoms with Crippen LogP contribution in [-0.4, -0.2) is 35.3 Å². The Morgan fingerprint density at radius 1 is 1.08 bits per heavy atom. The smallest absolute Gasteiger partial charge is 0.126 e. The Labute approximate surface area is 145 Å². The maximum atomic E-state index is 8.97. The van der Waals surface area contributed by atoms with E-state index in [4.69, 9.17) is 5.11 Å². The molecular weight excluding hydrogens is 320 g/mol. The van der Waals surface area contributed by atoms with Crippen LogP contribution in [-0.2, 0) is 6.54 Å². The SMILES string of the molecule is CN(CCO)c1ccc(NCc2ncc(-c3ccccc3)s2)nc1. The van der Waals surface area contributed by atoms with Gasteiger partial charge in [0.25, 0.3) is 0 Å². The Kier molecular flexibility index (Phi) is 5.40. The molecule has 0 bridgehead atoms. The first kappa shape index (κ1) is 16.4. The monoisotopic (exact) mass is 340 g/mol. The summed E-state index contributed by atoms with van der Waals surface area (Å²) >= 11 is 1.68. The highest BCUT2D eigenvalue weighted by Crippen LogP contribution is 2.26. The van der Waals surface area contributed by atoms with Gasteiger partial charge in [-0.15, -0.1) is 11.3 Å². The minimum atomic E-state index is 0.129. The van der Waals surface area contributed by atoms with Gasteiger partial charge in [-0.1, -0.05) is 30.3 Å². The lowest BCUT2D eigenvalue weighted by Crippen LogP contribution is -2.21. The number of thiazole rings is 1. The van der Waals surface area contributed by atoms with Crippen molar-refractivity contribution in [2.24, 2.45) is 0 Å². The van der Waals surface area contributed by atoms with Crippen LogP contribution in [0.2, 0.25) is 0 Å². The third-order valence-electron chi connectivity index (χ3n) is 3.66. The van der Waals surface area contributed by atoms with E-state index in [1.165, 1.54) is 10.4 Å². The number of benzene rings is 1. The van der Waals surface area contributed by atoms with E-state index in [2.05, 4.69) is 27.4 Å². The van der Waals surface area contributed by atoms with E-state index in [0.717, 1.165) is 16.5 Å². The van der Waals surface area contributed by atoms with Gasteiger partial charge < -0.3 is 15.3 Å². The fourth-order valence-corrected chi connectivity index (χ4v) is 3.15. The first-order chi connectivity index (χ1) is 11.8. The van der Waals surface area contributed by atoms with Crippen molar-refractivity contribution >= 4 is 22.8 Å². The van der Waals surface area contributed by atoms with Crippen LogP contribution in [0.1, 0.15) is 5.01 Å². The van der Waals surface area contributed by atoms with Crippen LogP contribution in [0.4, 0.5) is 11.5 Å². The molecule has 2 aromatic heterocycles. The summed E-state index contributed by atoms with van der Waals surface area (Å²) in [5, 5.41) is 13.3. The first-order valence-electron chi connectivity index (χ1n) is 7.78. The normalized spacial score (nSPS) is 10.6. The lowest BCUT2D eigenvalue weighted by atomic mass is 10.2. The molecule has 0 atom stereocenters. The molecule has 0 aliphatic carbocycles. The molecule has 5 nitrogen and oxygen atoms in total. The third-order valence-corrected chi connectivity index (χ3v) is 4.70. The number of anilines is 2. The zero-order chi connectivity index (χ0) is 16.8. The fraction of sp³-hybridized carbons (Fsp3) is 0.222. The van der Waals surface area contributed by atoms with E-state index in [0.29, 0.717) is 13.1 Å². The van der Waals surface area contributed by atoms with Crippen LogP contribution in [0, 0.1) is 0 Å². The zero-order valence-electron chi connectivity index (χ0n) is 13.5. The van der Waals surface area contributed by atoms with Gasteiger partial charge in [-0.05, 0) is 17.7 Å². The lowest BCUT2D eigenvalue weighted by Gasteiger charge is -2.17. The molecule has 6 heteroatoms. The number of nitrogens with zero attached hydrogens (tertiary/aromatic N) is 3. The Hall–Kier alpha value is -2.44. The molecule has 0 radical (unpaired) electrons. The summed E-state index contributed by atoms with van der Waals surface area (Å²) in [5.41, 5.74) is 2.17. The van der Waals surface area contributed by atoms with Crippen molar-refractivity contribution < 1.29 is 5.11 Å². The van der Waals surface area contributed by atoms with Gasteiger partial charge >= 0.3 is 0 Å². The Morgan fingerprint density at radius 3 is 2.62 bits per heavy atom. The maximum Gasteiger partial charge on any atom is 0.126 e. The lowest BCUT2D eigenvalue weighted by molar-refractivity contribution is 0.304. The average molecular weight is 340 g/mol. The average Bonchev–Trinajstić information content (AvgIpc) is 3.10. The molecule has 0 aliphatic heterocycles. The standard InChI is InChI=1S/C18H20N4OS/c1-22(9-10-23)15-7-8-17(19-11-15)20-13-18-21-12-16(24-18)14-5-3-2-4-6-14/h2-8,11-12,23H,9-10,13H2,1H3,(H,19,20). The van der Waals surface area contributed by atoms with Crippen molar-refractivity contribution in [1.82, 2.24) is 9.97 Å². The minimum Gasteiger partial charge on any atom is -0.395 e. The van der Waals surface area contributed by atoms with Crippen molar-refractivity contribution in [2.45, 2.75) is 6.54 Å². The molecule has 2 heterocycles. The first-order valence-corrected chi connectivity index (χ1v) is 8.60. The van der Waals surface area contributed by atoms with Gasteiger partial charge in [0.2, 0.25) is 0 Å². The second-order valence-electron chi connectivity index (χ2n) is 5.38. The molecule has 3 rings (SSSR count). The van der Waals surface area contributed by atoms with Crippen LogP contribution in [0.5, 0.6) is 0 Å². The maximum absolute atomic E-state index is 8.97. The molecule has 0 saturated heterocycles. The van der Waals surface area contributed by atoms with Crippen LogP contribution >= 0.6 is 11.3 Å². The van der Waals surface area contributed by atoms with E-state index < -0.39 is 0 Å². The Morgan fingerprint density at radius 2 is 1.92 bits per heavy atom. The van der Waals surface area contributed by atoms with E-state index in [-0.39, 0.29) is 6.61 Å². The molecule has 3 aromatic rings. The predicted molar refractivity (Wildman–Crippen MR) is 99.5 cm³/mol. The molecule has 124 valence electrons. The van der Waals surface area contributed by atoms with Gasteiger partial charge in [0.15, 0.2) is 0 Å². The van der Waals surface area contributed by atoms with E-state index >= 15 is 0 Å². The molecule has 0 saturated carbocycles. The number of aromatic nitrogens is 2. The molecule has 0 amide bonds. The summed E-state index contributed by atoms with van der Waals surface area (Å²) in [6, 6.07) is 14.2. The van der Waals surface area contributed by atoms with Gasteiger partial charge in [-0.3, -0.25) is 0 Å². The van der Waals surface area contributed by atoms with Crippen LogP contribution in [0.3, 0.4) is 0 Å². The number of nitrogens with one attached hydrogen (secondary N) is 1. The molecule has 0 fully saturated rings. The van der Waals surface area contributed by atoms with Gasteiger partial charge in [0.1, 0.15) is 10.8 Å². The minimum absolute atomic E-state index is 0.129. The Balaban J connectivity index is 1.59. The summed E-state index contributed by atoms with van der Waals surface area (Å²) in [6.45, 7) is 1.37. The molecule has 2 N–H and O–H groups in total. The quantitative estimate of drug-likeness (QED) is 0.691. The third kappa shape index (κ3) is 4.10. The van der Waals surface area contributed by atoms with Gasteiger partial charge in [0, 0.05) is 19.8 Å². The van der Waals surface area contributed by atoms with Crippen molar-refractivity contribution in [3.63, 3.8) is 0 Å². The molecule has 24 heavy (non-hydrogen) atoms. The highest BCUT2D eigenvalue weighted by Gasteiger charge is 2.05. The van der Waals surface area contributed by atoms with Crippen molar-refractivity contribution in [3.05, 3.63) is 59.9 Å². The fourth-order valence-electron chi connectivity index (χ4n) is 2.29. The zero-order valence-corrected chi connectivity index (χ0v) is 14.3. The molecule has 0 aliphatic rings. The van der Waals surface area contributed by atoms with E-state index in [9.17, 15) is 0 Å². The predicted octanol–water partition coefficient (Wildman–Crippen LogP) is 3.25.